The van der Waals surface area contributed by atoms with Gasteiger partial charge in [0.25, 0.3) is 0 Å². The highest BCUT2D eigenvalue weighted by atomic mass is 15.1. The number of hydrogen-bond donors (Lipinski definition) is 1. The minimum atomic E-state index is 0.457. The average Bonchev–Trinajstić information content (AvgIpc) is 2.22. The van der Waals surface area contributed by atoms with Gasteiger partial charge in [-0.05, 0) is 62.7 Å². The maximum absolute atomic E-state index is 3.49. The normalized spacial score (nSPS) is 27.2. The van der Waals surface area contributed by atoms with Crippen LogP contribution in [0.2, 0.25) is 0 Å². The van der Waals surface area contributed by atoms with Gasteiger partial charge in [-0.1, -0.05) is 20.8 Å². The lowest BCUT2D eigenvalue weighted by Gasteiger charge is -2.45. The van der Waals surface area contributed by atoms with Crippen LogP contribution in [0.25, 0.3) is 0 Å². The predicted octanol–water partition coefficient (Wildman–Crippen LogP) is 2.50. The third-order valence-corrected chi connectivity index (χ3v) is 4.28. The first kappa shape index (κ1) is 12.4. The van der Waals surface area contributed by atoms with E-state index in [1.54, 1.807) is 0 Å². The Labute approximate surface area is 101 Å². The molecule has 2 aliphatic heterocycles. The van der Waals surface area contributed by atoms with Gasteiger partial charge in [-0.2, -0.15) is 0 Å². The summed E-state index contributed by atoms with van der Waals surface area (Å²) in [6, 6.07) is 0. The largest absolute Gasteiger partial charge is 0.317 e. The second-order valence-electron chi connectivity index (χ2n) is 7.09. The van der Waals surface area contributed by atoms with E-state index in [1.807, 2.05) is 0 Å². The molecule has 2 saturated heterocycles. The maximum Gasteiger partial charge on any atom is 0.00300 e. The summed E-state index contributed by atoms with van der Waals surface area (Å²) in [7, 11) is 0. The average molecular weight is 224 g/mol. The summed E-state index contributed by atoms with van der Waals surface area (Å²) in [5, 5.41) is 3.49. The van der Waals surface area contributed by atoms with Gasteiger partial charge in [0.05, 0.1) is 0 Å². The zero-order chi connectivity index (χ0) is 11.6. The first-order chi connectivity index (χ1) is 7.49. The second kappa shape index (κ2) is 4.66. The Hall–Kier alpha value is -0.0800. The molecule has 0 unspecified atom stereocenters. The number of hydrogen-bond acceptors (Lipinski definition) is 2. The van der Waals surface area contributed by atoms with E-state index in [1.165, 1.54) is 58.4 Å². The summed E-state index contributed by atoms with van der Waals surface area (Å²) in [6.45, 7) is 13.5. The molecular formula is C14H28N2. The number of rotatable bonds is 1. The van der Waals surface area contributed by atoms with Gasteiger partial charge in [0, 0.05) is 6.54 Å². The van der Waals surface area contributed by atoms with Gasteiger partial charge in [0.2, 0.25) is 0 Å². The Morgan fingerprint density at radius 3 is 2.06 bits per heavy atom. The molecule has 0 bridgehead atoms. The third-order valence-electron chi connectivity index (χ3n) is 4.28. The first-order valence-electron chi connectivity index (χ1n) is 6.92. The summed E-state index contributed by atoms with van der Waals surface area (Å²) in [6.07, 6.45) is 5.70. The second-order valence-corrected chi connectivity index (χ2v) is 7.09. The molecule has 2 heterocycles. The first-order valence-corrected chi connectivity index (χ1v) is 6.92. The third kappa shape index (κ3) is 3.21. The molecule has 2 aliphatic rings. The molecule has 0 atom stereocenters. The molecule has 2 fully saturated rings. The van der Waals surface area contributed by atoms with Crippen molar-refractivity contribution in [3.05, 3.63) is 0 Å². The van der Waals surface area contributed by atoms with Crippen LogP contribution in [-0.2, 0) is 0 Å². The van der Waals surface area contributed by atoms with Gasteiger partial charge < -0.3 is 10.2 Å². The van der Waals surface area contributed by atoms with Crippen LogP contribution in [0.1, 0.15) is 46.5 Å². The molecule has 0 saturated carbocycles. The topological polar surface area (TPSA) is 15.3 Å². The van der Waals surface area contributed by atoms with E-state index < -0.39 is 0 Å². The summed E-state index contributed by atoms with van der Waals surface area (Å²) < 4.78 is 0. The standard InChI is InChI=1S/C14H28N2/c1-13(2,3)12-16-10-6-14(7-11-16)4-8-15-9-5-14/h15H,4-12H2,1-3H3. The molecule has 0 aromatic carbocycles. The summed E-state index contributed by atoms with van der Waals surface area (Å²) in [5.41, 5.74) is 1.16. The van der Waals surface area contributed by atoms with E-state index in [0.717, 1.165) is 0 Å². The van der Waals surface area contributed by atoms with Crippen molar-refractivity contribution in [1.29, 1.82) is 0 Å². The number of nitrogens with one attached hydrogen (secondary N) is 1. The van der Waals surface area contributed by atoms with Crippen LogP contribution in [0.5, 0.6) is 0 Å². The zero-order valence-corrected chi connectivity index (χ0v) is 11.3. The highest BCUT2D eigenvalue weighted by Gasteiger charge is 2.35. The van der Waals surface area contributed by atoms with Crippen molar-refractivity contribution in [2.45, 2.75) is 46.5 Å². The van der Waals surface area contributed by atoms with E-state index in [-0.39, 0.29) is 0 Å². The van der Waals surface area contributed by atoms with E-state index >= 15 is 0 Å². The molecule has 2 heteroatoms. The Balaban J connectivity index is 1.82. The smallest absolute Gasteiger partial charge is 0.00300 e. The molecule has 0 aromatic heterocycles. The highest BCUT2D eigenvalue weighted by molar-refractivity contribution is 4.90. The lowest BCUT2D eigenvalue weighted by Crippen LogP contribution is -2.47. The van der Waals surface area contributed by atoms with Crippen LogP contribution in [0.3, 0.4) is 0 Å². The number of likely N-dealkylation sites (tertiary alicyclic amines) is 1. The van der Waals surface area contributed by atoms with Crippen LogP contribution >= 0.6 is 0 Å². The van der Waals surface area contributed by atoms with Crippen molar-refractivity contribution >= 4 is 0 Å². The van der Waals surface area contributed by atoms with E-state index in [9.17, 15) is 0 Å². The van der Waals surface area contributed by atoms with Gasteiger partial charge in [-0.3, -0.25) is 0 Å². The molecular weight excluding hydrogens is 196 g/mol. The van der Waals surface area contributed by atoms with E-state index in [2.05, 4.69) is 31.0 Å². The van der Waals surface area contributed by atoms with Crippen LogP contribution < -0.4 is 5.32 Å². The van der Waals surface area contributed by atoms with Crippen molar-refractivity contribution in [3.8, 4) is 0 Å². The molecule has 16 heavy (non-hydrogen) atoms. The fourth-order valence-electron chi connectivity index (χ4n) is 3.31. The van der Waals surface area contributed by atoms with Crippen LogP contribution in [0.15, 0.2) is 0 Å². The number of nitrogens with zero attached hydrogens (tertiary/aromatic N) is 1. The van der Waals surface area contributed by atoms with Crippen molar-refractivity contribution in [3.63, 3.8) is 0 Å². The lowest BCUT2D eigenvalue weighted by molar-refractivity contribution is 0.0564. The highest BCUT2D eigenvalue weighted by Crippen LogP contribution is 2.39. The van der Waals surface area contributed by atoms with Gasteiger partial charge in [-0.15, -0.1) is 0 Å². The minimum Gasteiger partial charge on any atom is -0.317 e. The van der Waals surface area contributed by atoms with Gasteiger partial charge in [0.1, 0.15) is 0 Å². The molecule has 0 aromatic rings. The minimum absolute atomic E-state index is 0.457. The van der Waals surface area contributed by atoms with Crippen molar-refractivity contribution in [2.75, 3.05) is 32.7 Å². The Bertz CT molecular complexity index is 213. The molecule has 1 N–H and O–H groups in total. The molecule has 0 aliphatic carbocycles. The Morgan fingerprint density at radius 2 is 1.56 bits per heavy atom. The van der Waals surface area contributed by atoms with Gasteiger partial charge in [0.15, 0.2) is 0 Å². The van der Waals surface area contributed by atoms with Crippen molar-refractivity contribution < 1.29 is 0 Å². The fraction of sp³-hybridized carbons (Fsp3) is 1.00. The monoisotopic (exact) mass is 224 g/mol. The van der Waals surface area contributed by atoms with Crippen LogP contribution in [0, 0.1) is 10.8 Å². The fourth-order valence-corrected chi connectivity index (χ4v) is 3.31. The molecule has 94 valence electrons. The summed E-state index contributed by atoms with van der Waals surface area (Å²) in [4.78, 5) is 2.67. The molecule has 2 nitrogen and oxygen atoms in total. The van der Waals surface area contributed by atoms with E-state index in [4.69, 9.17) is 0 Å². The zero-order valence-electron chi connectivity index (χ0n) is 11.3. The number of piperidine rings is 2. The molecule has 1 spiro atoms. The summed E-state index contributed by atoms with van der Waals surface area (Å²) in [5.74, 6) is 0. The summed E-state index contributed by atoms with van der Waals surface area (Å²) >= 11 is 0. The van der Waals surface area contributed by atoms with Crippen molar-refractivity contribution in [2.24, 2.45) is 10.8 Å². The van der Waals surface area contributed by atoms with E-state index in [0.29, 0.717) is 10.8 Å². The Morgan fingerprint density at radius 1 is 1.00 bits per heavy atom. The van der Waals surface area contributed by atoms with Crippen molar-refractivity contribution in [1.82, 2.24) is 10.2 Å². The molecule has 0 amide bonds. The van der Waals surface area contributed by atoms with Crippen LogP contribution in [-0.4, -0.2) is 37.6 Å². The SMILES string of the molecule is CC(C)(C)CN1CCC2(CCNCC2)CC1. The molecule has 0 radical (unpaired) electrons. The van der Waals surface area contributed by atoms with Gasteiger partial charge >= 0.3 is 0 Å². The lowest BCUT2D eigenvalue weighted by atomic mass is 9.71. The van der Waals surface area contributed by atoms with Crippen LogP contribution in [0.4, 0.5) is 0 Å². The van der Waals surface area contributed by atoms with Gasteiger partial charge in [-0.25, -0.2) is 0 Å². The quantitative estimate of drug-likeness (QED) is 0.736. The predicted molar refractivity (Wildman–Crippen MR) is 69.7 cm³/mol. The molecule has 2 rings (SSSR count). The Kier molecular flexibility index (Phi) is 3.60. The maximum atomic E-state index is 3.49.